The number of hydrogen-bond acceptors (Lipinski definition) is 3. The molecule has 1 aliphatic rings. The first kappa shape index (κ1) is 20.6. The molecule has 148 valence electrons. The molecule has 0 atom stereocenters. The van der Waals surface area contributed by atoms with Crippen molar-refractivity contribution in [1.82, 2.24) is 0 Å². The van der Waals surface area contributed by atoms with Crippen LogP contribution in [-0.4, -0.2) is 11.7 Å². The van der Waals surface area contributed by atoms with Gasteiger partial charge in [-0.15, -0.1) is 0 Å². The summed E-state index contributed by atoms with van der Waals surface area (Å²) in [5, 5.41) is 4.75. The molecule has 2 aromatic rings. The maximum absolute atomic E-state index is 12.3. The normalized spacial score (nSPS) is 16.0. The van der Waals surface area contributed by atoms with E-state index in [4.69, 9.17) is 16.4 Å². The number of carbonyl (C=O) groups excluding carboxylic acids is 1. The predicted molar refractivity (Wildman–Crippen MR) is 116 cm³/mol. The van der Waals surface area contributed by atoms with E-state index < -0.39 is 5.97 Å². The molecule has 0 amide bonds. The Morgan fingerprint density at radius 3 is 2.39 bits per heavy atom. The third kappa shape index (κ3) is 4.15. The average Bonchev–Trinajstić information content (AvgIpc) is 2.93. The standard InChI is InChI=1S/C24H28ClNO2/c1-15(26-28-22(27)16-7-9-18(25)10-8-16)20-13-17(23(2,3)4)14-21-19(20)11-12-24(21,5)6/h7-10,13-14H,11-12H2,1-6H3/b26-15+. The highest BCUT2D eigenvalue weighted by molar-refractivity contribution is 6.30. The molecule has 0 fully saturated rings. The second kappa shape index (κ2) is 7.36. The Kier molecular flexibility index (Phi) is 5.42. The van der Waals surface area contributed by atoms with E-state index in [1.165, 1.54) is 16.7 Å². The lowest BCUT2D eigenvalue weighted by atomic mass is 9.79. The SMILES string of the molecule is C/C(=N\OC(=O)c1ccc(Cl)cc1)c1cc(C(C)(C)C)cc2c1CCC2(C)C. The van der Waals surface area contributed by atoms with E-state index in [-0.39, 0.29) is 10.8 Å². The van der Waals surface area contributed by atoms with Crippen molar-refractivity contribution in [2.75, 3.05) is 0 Å². The van der Waals surface area contributed by atoms with Gasteiger partial charge in [-0.05, 0) is 77.6 Å². The summed E-state index contributed by atoms with van der Waals surface area (Å²) in [6.07, 6.45) is 2.13. The fourth-order valence-corrected chi connectivity index (χ4v) is 3.80. The van der Waals surface area contributed by atoms with Crippen LogP contribution in [0.4, 0.5) is 0 Å². The maximum atomic E-state index is 12.3. The summed E-state index contributed by atoms with van der Waals surface area (Å²) < 4.78 is 0. The van der Waals surface area contributed by atoms with Crippen LogP contribution in [0, 0.1) is 0 Å². The van der Waals surface area contributed by atoms with Crippen molar-refractivity contribution in [3.63, 3.8) is 0 Å². The van der Waals surface area contributed by atoms with Crippen LogP contribution in [0.1, 0.15) is 80.6 Å². The van der Waals surface area contributed by atoms with Gasteiger partial charge >= 0.3 is 5.97 Å². The monoisotopic (exact) mass is 397 g/mol. The Morgan fingerprint density at radius 2 is 1.79 bits per heavy atom. The number of carbonyl (C=O) groups is 1. The molecule has 0 unspecified atom stereocenters. The molecule has 0 saturated heterocycles. The molecule has 0 spiro atoms. The Morgan fingerprint density at radius 1 is 1.14 bits per heavy atom. The molecule has 2 aromatic carbocycles. The van der Waals surface area contributed by atoms with Gasteiger partial charge in [0.15, 0.2) is 0 Å². The van der Waals surface area contributed by atoms with Crippen molar-refractivity contribution in [2.24, 2.45) is 5.16 Å². The molecule has 0 saturated carbocycles. The number of hydrogen-bond donors (Lipinski definition) is 0. The van der Waals surface area contributed by atoms with Crippen molar-refractivity contribution in [3.8, 4) is 0 Å². The summed E-state index contributed by atoms with van der Waals surface area (Å²) in [6.45, 7) is 13.1. The van der Waals surface area contributed by atoms with E-state index in [2.05, 4.69) is 51.9 Å². The first-order chi connectivity index (χ1) is 13.0. The third-order valence-electron chi connectivity index (χ3n) is 5.58. The highest BCUT2D eigenvalue weighted by Crippen LogP contribution is 2.42. The van der Waals surface area contributed by atoms with Crippen LogP contribution in [-0.2, 0) is 22.1 Å². The Labute approximate surface area is 172 Å². The third-order valence-corrected chi connectivity index (χ3v) is 5.83. The van der Waals surface area contributed by atoms with Gasteiger partial charge in [-0.3, -0.25) is 0 Å². The lowest BCUT2D eigenvalue weighted by molar-refractivity contribution is 0.0516. The Bertz CT molecular complexity index is 934. The van der Waals surface area contributed by atoms with Gasteiger partial charge in [0, 0.05) is 10.6 Å². The van der Waals surface area contributed by atoms with Crippen molar-refractivity contribution in [3.05, 3.63) is 69.2 Å². The predicted octanol–water partition coefficient (Wildman–Crippen LogP) is 6.44. The van der Waals surface area contributed by atoms with Gasteiger partial charge < -0.3 is 4.84 Å². The first-order valence-electron chi connectivity index (χ1n) is 9.69. The summed E-state index contributed by atoms with van der Waals surface area (Å²) in [4.78, 5) is 17.5. The molecule has 4 heteroatoms. The van der Waals surface area contributed by atoms with E-state index in [1.54, 1.807) is 24.3 Å². The summed E-state index contributed by atoms with van der Waals surface area (Å²) in [5.74, 6) is -0.486. The Hall–Kier alpha value is -2.13. The zero-order chi connectivity index (χ0) is 20.7. The molecular weight excluding hydrogens is 370 g/mol. The lowest BCUT2D eigenvalue weighted by Crippen LogP contribution is -2.18. The average molecular weight is 398 g/mol. The van der Waals surface area contributed by atoms with E-state index in [0.29, 0.717) is 10.6 Å². The van der Waals surface area contributed by atoms with Gasteiger partial charge in [0.05, 0.1) is 11.3 Å². The topological polar surface area (TPSA) is 38.7 Å². The van der Waals surface area contributed by atoms with Crippen LogP contribution < -0.4 is 0 Å². The summed E-state index contributed by atoms with van der Waals surface area (Å²) in [7, 11) is 0. The molecule has 0 aliphatic heterocycles. The number of rotatable bonds is 3. The molecular formula is C24H28ClNO2. The van der Waals surface area contributed by atoms with Gasteiger partial charge in [0.2, 0.25) is 0 Å². The minimum Gasteiger partial charge on any atom is -0.313 e. The number of halogens is 1. The highest BCUT2D eigenvalue weighted by atomic mass is 35.5. The molecule has 3 rings (SSSR count). The van der Waals surface area contributed by atoms with Crippen LogP contribution >= 0.6 is 11.6 Å². The van der Waals surface area contributed by atoms with E-state index >= 15 is 0 Å². The van der Waals surface area contributed by atoms with Crippen molar-refractivity contribution in [1.29, 1.82) is 0 Å². The molecule has 0 N–H and O–H groups in total. The Balaban J connectivity index is 1.96. The van der Waals surface area contributed by atoms with Crippen LogP contribution in [0.3, 0.4) is 0 Å². The first-order valence-corrected chi connectivity index (χ1v) is 10.1. The number of fused-ring (bicyclic) bond motifs is 1. The van der Waals surface area contributed by atoms with Crippen molar-refractivity contribution < 1.29 is 9.63 Å². The lowest BCUT2D eigenvalue weighted by Gasteiger charge is -2.26. The van der Waals surface area contributed by atoms with Crippen LogP contribution in [0.2, 0.25) is 5.02 Å². The smallest absolute Gasteiger partial charge is 0.313 e. The molecule has 0 radical (unpaired) electrons. The molecule has 0 bridgehead atoms. The van der Waals surface area contributed by atoms with Gasteiger partial charge in [0.1, 0.15) is 0 Å². The zero-order valence-electron chi connectivity index (χ0n) is 17.5. The fourth-order valence-electron chi connectivity index (χ4n) is 3.67. The minimum absolute atomic E-state index is 0.0305. The quantitative estimate of drug-likeness (QED) is 0.339. The van der Waals surface area contributed by atoms with Crippen LogP contribution in [0.25, 0.3) is 0 Å². The molecule has 3 nitrogen and oxygen atoms in total. The van der Waals surface area contributed by atoms with E-state index in [9.17, 15) is 4.79 Å². The highest BCUT2D eigenvalue weighted by Gasteiger charge is 2.33. The maximum Gasteiger partial charge on any atom is 0.365 e. The fraction of sp³-hybridized carbons (Fsp3) is 0.417. The summed E-state index contributed by atoms with van der Waals surface area (Å²) in [5.41, 5.74) is 6.38. The summed E-state index contributed by atoms with van der Waals surface area (Å²) >= 11 is 5.87. The van der Waals surface area contributed by atoms with E-state index in [1.807, 2.05) is 6.92 Å². The van der Waals surface area contributed by atoms with Crippen LogP contribution in [0.5, 0.6) is 0 Å². The summed E-state index contributed by atoms with van der Waals surface area (Å²) in [6, 6.07) is 11.1. The molecule has 0 aromatic heterocycles. The second-order valence-corrected chi connectivity index (χ2v) is 9.68. The van der Waals surface area contributed by atoms with Gasteiger partial charge in [0.25, 0.3) is 0 Å². The largest absolute Gasteiger partial charge is 0.365 e. The molecule has 0 heterocycles. The second-order valence-electron chi connectivity index (χ2n) is 9.25. The number of nitrogens with zero attached hydrogens (tertiary/aromatic N) is 1. The number of oxime groups is 1. The minimum atomic E-state index is -0.486. The number of benzene rings is 2. The van der Waals surface area contributed by atoms with Crippen molar-refractivity contribution in [2.45, 2.75) is 65.2 Å². The molecule has 1 aliphatic carbocycles. The van der Waals surface area contributed by atoms with Gasteiger partial charge in [-0.25, -0.2) is 4.79 Å². The zero-order valence-corrected chi connectivity index (χ0v) is 18.3. The van der Waals surface area contributed by atoms with Gasteiger partial charge in [-0.1, -0.05) is 57.4 Å². The van der Waals surface area contributed by atoms with E-state index in [0.717, 1.165) is 24.1 Å². The molecule has 28 heavy (non-hydrogen) atoms. The van der Waals surface area contributed by atoms with Crippen LogP contribution in [0.15, 0.2) is 41.6 Å². The van der Waals surface area contributed by atoms with Gasteiger partial charge in [-0.2, -0.15) is 0 Å². The van der Waals surface area contributed by atoms with Crippen molar-refractivity contribution >= 4 is 23.3 Å².